The molecule has 1 heterocycles. The third-order valence-electron chi connectivity index (χ3n) is 6.49. The molecule has 1 aliphatic carbocycles. The molecule has 4 nitrogen and oxygen atoms in total. The minimum Gasteiger partial charge on any atom is -0.497 e. The van der Waals surface area contributed by atoms with Crippen molar-refractivity contribution < 1.29 is 14.3 Å². The number of methoxy groups -OCH3 is 2. The van der Waals surface area contributed by atoms with E-state index in [0.717, 1.165) is 56.7 Å². The first-order chi connectivity index (χ1) is 14.9. The van der Waals surface area contributed by atoms with Crippen LogP contribution in [-0.4, -0.2) is 20.0 Å². The Kier molecular flexibility index (Phi) is 4.54. The van der Waals surface area contributed by atoms with Crippen LogP contribution in [0.5, 0.6) is 11.5 Å². The van der Waals surface area contributed by atoms with E-state index in [1.54, 1.807) is 14.2 Å². The Hall–Kier alpha value is -3.27. The van der Waals surface area contributed by atoms with Crippen molar-refractivity contribution in [2.75, 3.05) is 19.5 Å². The Morgan fingerprint density at radius 2 is 1.77 bits per heavy atom. The second-order valence-electron chi connectivity index (χ2n) is 9.24. The summed E-state index contributed by atoms with van der Waals surface area (Å²) in [6, 6.07) is 18.3. The lowest BCUT2D eigenvalue weighted by Crippen LogP contribution is -2.32. The molecule has 1 aliphatic heterocycles. The molecule has 1 unspecified atom stereocenters. The first-order valence-corrected chi connectivity index (χ1v) is 10.7. The number of allylic oxidation sites excluding steroid dienone is 1. The van der Waals surface area contributed by atoms with E-state index < -0.39 is 0 Å². The van der Waals surface area contributed by atoms with Gasteiger partial charge in [0.2, 0.25) is 0 Å². The van der Waals surface area contributed by atoms with Gasteiger partial charge in [0.25, 0.3) is 0 Å². The smallest absolute Gasteiger partial charge is 0.164 e. The van der Waals surface area contributed by atoms with Crippen LogP contribution in [0, 0.1) is 5.41 Å². The van der Waals surface area contributed by atoms with Gasteiger partial charge in [0.05, 0.1) is 20.3 Å². The Morgan fingerprint density at radius 3 is 2.55 bits per heavy atom. The van der Waals surface area contributed by atoms with Crippen molar-refractivity contribution >= 4 is 27.8 Å². The van der Waals surface area contributed by atoms with Gasteiger partial charge in [-0.2, -0.15) is 0 Å². The summed E-state index contributed by atoms with van der Waals surface area (Å²) in [7, 11) is 3.32. The first kappa shape index (κ1) is 19.7. The number of carbonyl (C=O) groups is 1. The molecule has 0 saturated heterocycles. The lowest BCUT2D eigenvalue weighted by Gasteiger charge is -2.40. The molecular weight excluding hydrogens is 386 g/mol. The fraction of sp³-hybridized carbons (Fsp3) is 0.296. The number of rotatable bonds is 3. The highest BCUT2D eigenvalue weighted by Crippen LogP contribution is 2.52. The van der Waals surface area contributed by atoms with E-state index in [4.69, 9.17) is 9.47 Å². The lowest BCUT2D eigenvalue weighted by molar-refractivity contribution is -0.116. The number of hydrogen-bond acceptors (Lipinski definition) is 4. The third-order valence-corrected chi connectivity index (χ3v) is 6.49. The third kappa shape index (κ3) is 3.18. The molecule has 0 saturated carbocycles. The minimum absolute atomic E-state index is 0.0857. The zero-order chi connectivity index (χ0) is 21.8. The van der Waals surface area contributed by atoms with Crippen LogP contribution in [0.4, 0.5) is 5.69 Å². The van der Waals surface area contributed by atoms with Gasteiger partial charge in [-0.15, -0.1) is 0 Å². The molecule has 2 aliphatic rings. The molecule has 0 fully saturated rings. The first-order valence-electron chi connectivity index (χ1n) is 10.7. The lowest BCUT2D eigenvalue weighted by atomic mass is 9.67. The van der Waals surface area contributed by atoms with Gasteiger partial charge in [0.1, 0.15) is 11.5 Å². The largest absolute Gasteiger partial charge is 0.497 e. The van der Waals surface area contributed by atoms with Crippen molar-refractivity contribution in [2.24, 2.45) is 5.41 Å². The summed E-state index contributed by atoms with van der Waals surface area (Å²) in [6.45, 7) is 4.35. The molecule has 158 valence electrons. The van der Waals surface area contributed by atoms with E-state index in [1.807, 2.05) is 30.3 Å². The second-order valence-corrected chi connectivity index (χ2v) is 9.24. The number of hydrogen-bond donors (Lipinski definition) is 1. The van der Waals surface area contributed by atoms with E-state index in [0.29, 0.717) is 6.42 Å². The average molecular weight is 414 g/mol. The van der Waals surface area contributed by atoms with Crippen LogP contribution in [0.3, 0.4) is 0 Å². The number of fused-ring (bicyclic) bond motifs is 4. The quantitative estimate of drug-likeness (QED) is 0.558. The summed E-state index contributed by atoms with van der Waals surface area (Å²) >= 11 is 0. The summed E-state index contributed by atoms with van der Waals surface area (Å²) in [5.41, 5.74) is 4.99. The molecule has 1 atom stereocenters. The zero-order valence-corrected chi connectivity index (χ0v) is 18.4. The second kappa shape index (κ2) is 7.16. The van der Waals surface area contributed by atoms with Gasteiger partial charge in [-0.05, 0) is 46.4 Å². The predicted molar refractivity (Wildman–Crippen MR) is 125 cm³/mol. The highest BCUT2D eigenvalue weighted by atomic mass is 16.5. The summed E-state index contributed by atoms with van der Waals surface area (Å²) in [5, 5.41) is 6.01. The Labute approximate surface area is 182 Å². The molecule has 0 radical (unpaired) electrons. The average Bonchev–Trinajstić information content (AvgIpc) is 2.76. The molecule has 1 N–H and O–H groups in total. The fourth-order valence-corrected chi connectivity index (χ4v) is 5.14. The maximum absolute atomic E-state index is 13.5. The van der Waals surface area contributed by atoms with Gasteiger partial charge in [0, 0.05) is 34.9 Å². The van der Waals surface area contributed by atoms with E-state index in [1.165, 1.54) is 0 Å². The molecule has 3 aromatic carbocycles. The number of anilines is 1. The zero-order valence-electron chi connectivity index (χ0n) is 18.4. The van der Waals surface area contributed by atoms with E-state index in [9.17, 15) is 4.79 Å². The van der Waals surface area contributed by atoms with Crippen molar-refractivity contribution in [1.82, 2.24) is 0 Å². The van der Waals surface area contributed by atoms with Gasteiger partial charge in [-0.1, -0.05) is 44.2 Å². The van der Waals surface area contributed by atoms with Gasteiger partial charge < -0.3 is 14.8 Å². The van der Waals surface area contributed by atoms with Gasteiger partial charge in [0.15, 0.2) is 5.78 Å². The minimum atomic E-state index is -0.131. The van der Waals surface area contributed by atoms with Crippen LogP contribution in [0.1, 0.15) is 43.9 Å². The molecule has 0 aromatic heterocycles. The van der Waals surface area contributed by atoms with E-state index in [2.05, 4.69) is 43.4 Å². The Bertz CT molecular complexity index is 1240. The van der Waals surface area contributed by atoms with Crippen molar-refractivity contribution in [2.45, 2.75) is 32.7 Å². The molecule has 0 amide bonds. The molecule has 0 bridgehead atoms. The Morgan fingerprint density at radius 1 is 0.968 bits per heavy atom. The molecule has 5 rings (SSSR count). The summed E-state index contributed by atoms with van der Waals surface area (Å²) < 4.78 is 11.1. The van der Waals surface area contributed by atoms with Gasteiger partial charge >= 0.3 is 0 Å². The fourth-order valence-electron chi connectivity index (χ4n) is 5.14. The van der Waals surface area contributed by atoms with E-state index >= 15 is 0 Å². The number of ether oxygens (including phenoxy) is 2. The molecular formula is C27H27NO3. The number of nitrogens with one attached hydrogen (secondary N) is 1. The van der Waals surface area contributed by atoms with Crippen molar-refractivity contribution in [3.63, 3.8) is 0 Å². The van der Waals surface area contributed by atoms with Crippen LogP contribution < -0.4 is 14.8 Å². The van der Waals surface area contributed by atoms with Crippen LogP contribution in [0.25, 0.3) is 16.3 Å². The predicted octanol–water partition coefficient (Wildman–Crippen LogP) is 6.17. The van der Waals surface area contributed by atoms with Gasteiger partial charge in [-0.3, -0.25) is 4.79 Å². The molecule has 4 heteroatoms. The van der Waals surface area contributed by atoms with Crippen LogP contribution in [-0.2, 0) is 4.79 Å². The van der Waals surface area contributed by atoms with Crippen molar-refractivity contribution in [3.8, 4) is 11.5 Å². The van der Waals surface area contributed by atoms with Gasteiger partial charge in [-0.25, -0.2) is 0 Å². The highest BCUT2D eigenvalue weighted by Gasteiger charge is 2.41. The molecule has 31 heavy (non-hydrogen) atoms. The summed E-state index contributed by atoms with van der Waals surface area (Å²) in [5.74, 6) is 1.73. The number of ketones is 1. The SMILES string of the molecule is COc1ccc(C2Nc3ccc4ccccc4c3C3=C2CC(C)(C)CC3=O)c(OC)c1. The van der Waals surface area contributed by atoms with Crippen molar-refractivity contribution in [3.05, 3.63) is 71.3 Å². The topological polar surface area (TPSA) is 47.6 Å². The van der Waals surface area contributed by atoms with Crippen LogP contribution >= 0.6 is 0 Å². The highest BCUT2D eigenvalue weighted by molar-refractivity contribution is 6.28. The number of Topliss-reactive ketones (excluding diaryl/α,β-unsaturated/α-hetero) is 1. The number of carbonyl (C=O) groups excluding carboxylic acids is 1. The maximum Gasteiger partial charge on any atom is 0.164 e. The monoisotopic (exact) mass is 413 g/mol. The summed E-state index contributed by atoms with van der Waals surface area (Å²) in [6.07, 6.45) is 1.41. The maximum atomic E-state index is 13.5. The summed E-state index contributed by atoms with van der Waals surface area (Å²) in [4.78, 5) is 13.5. The number of benzene rings is 3. The van der Waals surface area contributed by atoms with E-state index in [-0.39, 0.29) is 17.2 Å². The van der Waals surface area contributed by atoms with Crippen LogP contribution in [0.2, 0.25) is 0 Å². The standard InChI is InChI=1S/C27H27NO3/c1-27(2)14-20-25(22(29)15-27)24-18-8-6-5-7-16(18)9-12-21(24)28-26(20)19-11-10-17(30-3)13-23(19)31-4/h5-13,26,28H,14-15H2,1-4H3. The molecule has 0 spiro atoms. The van der Waals surface area contributed by atoms with Crippen LogP contribution in [0.15, 0.2) is 60.2 Å². The Balaban J connectivity index is 1.78. The molecule has 3 aromatic rings. The normalized spacial score (nSPS) is 19.5. The van der Waals surface area contributed by atoms with Crippen molar-refractivity contribution in [1.29, 1.82) is 0 Å².